The monoisotopic (exact) mass is 344 g/mol. The van der Waals surface area contributed by atoms with E-state index in [4.69, 9.17) is 0 Å². The standard InChI is InChI=1S/C19H28N4O2/c1-4-16-13-15(6-9-20-16)18(25)23-12-11-22(3)19(14-23)7-5-17(24)21(2)10-8-19/h6,9,13H,4-5,7-8,10-12,14H2,1-3H3. The van der Waals surface area contributed by atoms with E-state index in [1.54, 1.807) is 12.3 Å². The molecule has 0 bridgehead atoms. The number of hydrogen-bond donors (Lipinski definition) is 0. The highest BCUT2D eigenvalue weighted by Crippen LogP contribution is 2.32. The van der Waals surface area contributed by atoms with Gasteiger partial charge in [0.15, 0.2) is 0 Å². The second-order valence-corrected chi connectivity index (χ2v) is 7.33. The highest BCUT2D eigenvalue weighted by Gasteiger charge is 2.43. The molecule has 1 aromatic rings. The van der Waals surface area contributed by atoms with Gasteiger partial charge in [0.25, 0.3) is 5.91 Å². The van der Waals surface area contributed by atoms with Crippen molar-refractivity contribution in [2.24, 2.45) is 0 Å². The predicted molar refractivity (Wildman–Crippen MR) is 96.4 cm³/mol. The van der Waals surface area contributed by atoms with Crippen molar-refractivity contribution in [3.05, 3.63) is 29.6 Å². The van der Waals surface area contributed by atoms with Gasteiger partial charge >= 0.3 is 0 Å². The predicted octanol–water partition coefficient (Wildman–Crippen LogP) is 1.41. The maximum atomic E-state index is 13.0. The van der Waals surface area contributed by atoms with Crippen LogP contribution in [0.25, 0.3) is 0 Å². The lowest BCUT2D eigenvalue weighted by Gasteiger charge is -2.49. The molecule has 6 nitrogen and oxygen atoms in total. The van der Waals surface area contributed by atoms with Crippen LogP contribution >= 0.6 is 0 Å². The smallest absolute Gasteiger partial charge is 0.254 e. The van der Waals surface area contributed by atoms with E-state index in [2.05, 4.69) is 16.9 Å². The molecule has 1 spiro atoms. The number of hydrogen-bond acceptors (Lipinski definition) is 4. The lowest BCUT2D eigenvalue weighted by Crippen LogP contribution is -2.62. The van der Waals surface area contributed by atoms with E-state index in [9.17, 15) is 9.59 Å². The molecule has 2 aliphatic rings. The molecule has 2 saturated heterocycles. The first-order valence-corrected chi connectivity index (χ1v) is 9.14. The Morgan fingerprint density at radius 3 is 2.80 bits per heavy atom. The lowest BCUT2D eigenvalue weighted by atomic mass is 9.86. The SMILES string of the molecule is CCc1cc(C(=O)N2CCN(C)C3(CCC(=O)N(C)CC3)C2)ccn1. The number of nitrogens with zero attached hydrogens (tertiary/aromatic N) is 4. The van der Waals surface area contributed by atoms with Crippen LogP contribution in [0.15, 0.2) is 18.3 Å². The van der Waals surface area contributed by atoms with Crippen molar-refractivity contribution in [3.8, 4) is 0 Å². The summed E-state index contributed by atoms with van der Waals surface area (Å²) in [5.74, 6) is 0.281. The summed E-state index contributed by atoms with van der Waals surface area (Å²) in [7, 11) is 4.00. The van der Waals surface area contributed by atoms with Crippen LogP contribution in [0.4, 0.5) is 0 Å². The average Bonchev–Trinajstić information content (AvgIpc) is 2.78. The molecule has 3 heterocycles. The van der Waals surface area contributed by atoms with Crippen LogP contribution in [0.3, 0.4) is 0 Å². The fourth-order valence-corrected chi connectivity index (χ4v) is 3.92. The van der Waals surface area contributed by atoms with Crippen molar-refractivity contribution in [1.29, 1.82) is 0 Å². The number of amides is 2. The first-order valence-electron chi connectivity index (χ1n) is 9.14. The zero-order valence-electron chi connectivity index (χ0n) is 15.5. The van der Waals surface area contributed by atoms with Gasteiger partial charge in [0.2, 0.25) is 5.91 Å². The van der Waals surface area contributed by atoms with E-state index >= 15 is 0 Å². The van der Waals surface area contributed by atoms with E-state index < -0.39 is 0 Å². The third-order valence-electron chi connectivity index (χ3n) is 5.86. The minimum Gasteiger partial charge on any atom is -0.346 e. The minimum atomic E-state index is -0.102. The number of rotatable bonds is 2. The van der Waals surface area contributed by atoms with Crippen LogP contribution in [0.5, 0.6) is 0 Å². The molecule has 1 aromatic heterocycles. The van der Waals surface area contributed by atoms with Gasteiger partial charge in [0.1, 0.15) is 0 Å². The summed E-state index contributed by atoms with van der Waals surface area (Å²) in [6, 6.07) is 3.70. The van der Waals surface area contributed by atoms with Crippen LogP contribution in [0, 0.1) is 0 Å². The van der Waals surface area contributed by atoms with Crippen LogP contribution in [-0.4, -0.2) is 77.3 Å². The molecule has 2 fully saturated rings. The third-order valence-corrected chi connectivity index (χ3v) is 5.86. The van der Waals surface area contributed by atoms with Crippen molar-refractivity contribution >= 4 is 11.8 Å². The first-order chi connectivity index (χ1) is 11.9. The topological polar surface area (TPSA) is 56.8 Å². The summed E-state index contributed by atoms with van der Waals surface area (Å²) in [6.07, 6.45) is 4.82. The summed E-state index contributed by atoms with van der Waals surface area (Å²) in [5, 5.41) is 0. The number of carbonyl (C=O) groups excluding carboxylic acids is 2. The number of piperazine rings is 1. The van der Waals surface area contributed by atoms with Gasteiger partial charge in [-0.3, -0.25) is 19.5 Å². The third kappa shape index (κ3) is 3.54. The van der Waals surface area contributed by atoms with Crippen molar-refractivity contribution < 1.29 is 9.59 Å². The molecule has 0 aliphatic carbocycles. The van der Waals surface area contributed by atoms with Gasteiger partial charge in [-0.15, -0.1) is 0 Å². The van der Waals surface area contributed by atoms with E-state index in [-0.39, 0.29) is 17.4 Å². The number of likely N-dealkylation sites (tertiary alicyclic amines) is 1. The summed E-state index contributed by atoms with van der Waals surface area (Å²) in [5.41, 5.74) is 1.55. The molecular weight excluding hydrogens is 316 g/mol. The second-order valence-electron chi connectivity index (χ2n) is 7.33. The number of pyridine rings is 1. The Labute approximate surface area is 149 Å². The number of aromatic nitrogens is 1. The van der Waals surface area contributed by atoms with Gasteiger partial charge in [-0.05, 0) is 38.4 Å². The maximum Gasteiger partial charge on any atom is 0.254 e. The molecule has 2 amide bonds. The van der Waals surface area contributed by atoms with Crippen molar-refractivity contribution in [1.82, 2.24) is 19.7 Å². The van der Waals surface area contributed by atoms with E-state index in [0.29, 0.717) is 18.5 Å². The number of carbonyl (C=O) groups is 2. The quantitative estimate of drug-likeness (QED) is 0.814. The summed E-state index contributed by atoms with van der Waals surface area (Å²) >= 11 is 0. The zero-order valence-corrected chi connectivity index (χ0v) is 15.5. The normalized spacial score (nSPS) is 25.3. The molecule has 6 heteroatoms. The van der Waals surface area contributed by atoms with Gasteiger partial charge < -0.3 is 9.80 Å². The summed E-state index contributed by atoms with van der Waals surface area (Å²) in [4.78, 5) is 35.5. The van der Waals surface area contributed by atoms with Crippen molar-refractivity contribution in [2.75, 3.05) is 40.3 Å². The molecule has 1 atom stereocenters. The molecule has 0 N–H and O–H groups in total. The van der Waals surface area contributed by atoms with E-state index in [0.717, 1.165) is 44.6 Å². The fraction of sp³-hybridized carbons (Fsp3) is 0.632. The number of likely N-dealkylation sites (N-methyl/N-ethyl adjacent to an activating group) is 1. The van der Waals surface area contributed by atoms with Gasteiger partial charge in [-0.1, -0.05) is 6.92 Å². The lowest BCUT2D eigenvalue weighted by molar-refractivity contribution is -0.129. The first kappa shape index (κ1) is 17.9. The Bertz CT molecular complexity index is 663. The summed E-state index contributed by atoms with van der Waals surface area (Å²) in [6.45, 7) is 5.05. The van der Waals surface area contributed by atoms with E-state index in [1.807, 2.05) is 29.8 Å². The molecular formula is C19H28N4O2. The van der Waals surface area contributed by atoms with Crippen LogP contribution in [0.1, 0.15) is 42.2 Å². The largest absolute Gasteiger partial charge is 0.346 e. The average molecular weight is 344 g/mol. The molecule has 1 unspecified atom stereocenters. The molecule has 0 aromatic carbocycles. The van der Waals surface area contributed by atoms with Crippen LogP contribution in [-0.2, 0) is 11.2 Å². The molecule has 3 rings (SSSR count). The minimum absolute atomic E-state index is 0.0773. The van der Waals surface area contributed by atoms with Crippen LogP contribution in [0.2, 0.25) is 0 Å². The molecule has 0 radical (unpaired) electrons. The molecule has 2 aliphatic heterocycles. The second kappa shape index (κ2) is 7.12. The Morgan fingerprint density at radius 1 is 1.24 bits per heavy atom. The van der Waals surface area contributed by atoms with Gasteiger partial charge in [0.05, 0.1) is 0 Å². The number of aryl methyl sites for hydroxylation is 1. The molecule has 25 heavy (non-hydrogen) atoms. The highest BCUT2D eigenvalue weighted by atomic mass is 16.2. The fourth-order valence-electron chi connectivity index (χ4n) is 3.92. The van der Waals surface area contributed by atoms with E-state index in [1.165, 1.54) is 0 Å². The molecule has 0 saturated carbocycles. The van der Waals surface area contributed by atoms with Gasteiger partial charge in [-0.25, -0.2) is 0 Å². The zero-order chi connectivity index (χ0) is 18.0. The Hall–Kier alpha value is -1.95. The highest BCUT2D eigenvalue weighted by molar-refractivity contribution is 5.94. The van der Waals surface area contributed by atoms with Crippen molar-refractivity contribution in [3.63, 3.8) is 0 Å². The van der Waals surface area contributed by atoms with Gasteiger partial charge in [-0.2, -0.15) is 0 Å². The molecule has 136 valence electrons. The van der Waals surface area contributed by atoms with Gasteiger partial charge in [0, 0.05) is 62.6 Å². The van der Waals surface area contributed by atoms with Crippen molar-refractivity contribution in [2.45, 2.75) is 38.1 Å². The maximum absolute atomic E-state index is 13.0. The Morgan fingerprint density at radius 2 is 2.04 bits per heavy atom. The Balaban J connectivity index is 1.80. The summed E-state index contributed by atoms with van der Waals surface area (Å²) < 4.78 is 0. The Kier molecular flexibility index (Phi) is 5.08. The van der Waals surface area contributed by atoms with Crippen LogP contribution < -0.4 is 0 Å².